The van der Waals surface area contributed by atoms with E-state index < -0.39 is 34.7 Å². The first-order valence-electron chi connectivity index (χ1n) is 11.9. The van der Waals surface area contributed by atoms with Gasteiger partial charge >= 0.3 is 18.2 Å². The fourth-order valence-corrected chi connectivity index (χ4v) is 3.83. The highest BCUT2D eigenvalue weighted by Gasteiger charge is 2.38. The van der Waals surface area contributed by atoms with E-state index in [0.29, 0.717) is 16.9 Å². The Bertz CT molecular complexity index is 1170. The fourth-order valence-electron chi connectivity index (χ4n) is 3.53. The van der Waals surface area contributed by atoms with Crippen LogP contribution in [0.3, 0.4) is 0 Å². The maximum Gasteiger partial charge on any atom is 0.416 e. The number of ether oxygens (including phenoxy) is 1. The number of halogens is 3. The highest BCUT2D eigenvalue weighted by atomic mass is 32.1. The molecule has 0 bridgehead atoms. The highest BCUT2D eigenvalue weighted by molar-refractivity contribution is 7.80. The first-order valence-corrected chi connectivity index (χ1v) is 12.3. The van der Waals surface area contributed by atoms with Crippen LogP contribution in [0.5, 0.6) is 0 Å². The van der Waals surface area contributed by atoms with Crippen molar-refractivity contribution in [3.8, 4) is 0 Å². The van der Waals surface area contributed by atoms with Gasteiger partial charge in [-0.3, -0.25) is 4.79 Å². The number of nitrogens with one attached hydrogen (secondary N) is 4. The summed E-state index contributed by atoms with van der Waals surface area (Å²) in [6.45, 7) is 6.64. The Morgan fingerprint density at radius 3 is 2.26 bits per heavy atom. The summed E-state index contributed by atoms with van der Waals surface area (Å²) in [6.07, 6.45) is -4.34. The van der Waals surface area contributed by atoms with Gasteiger partial charge in [0, 0.05) is 13.6 Å². The van der Waals surface area contributed by atoms with Gasteiger partial charge in [0.25, 0.3) is 0 Å². The summed E-state index contributed by atoms with van der Waals surface area (Å²) in [5, 5.41) is 11.2. The average Bonchev–Trinajstić information content (AvgIpc) is 2.85. The van der Waals surface area contributed by atoms with Crippen molar-refractivity contribution in [3.05, 3.63) is 59.2 Å². The Balaban J connectivity index is 2.44. The zero-order valence-corrected chi connectivity index (χ0v) is 22.8. The Morgan fingerprint density at radius 1 is 1.05 bits per heavy atom. The number of nitrogen functional groups attached to an aromatic ring is 1. The van der Waals surface area contributed by atoms with Gasteiger partial charge in [-0.25, -0.2) is 4.79 Å². The van der Waals surface area contributed by atoms with Gasteiger partial charge in [-0.2, -0.15) is 13.2 Å². The normalized spacial score (nSPS) is 13.2. The number of para-hydroxylation sites is 1. The number of benzene rings is 2. The lowest BCUT2D eigenvalue weighted by molar-refractivity contribution is -0.155. The van der Waals surface area contributed by atoms with Crippen molar-refractivity contribution >= 4 is 40.7 Å². The molecular formula is C26H34F3N5O3S. The van der Waals surface area contributed by atoms with E-state index in [1.54, 1.807) is 45.9 Å². The molecule has 1 atom stereocenters. The fraction of sp³-hybridized carbons (Fsp3) is 0.423. The maximum absolute atomic E-state index is 13.5. The van der Waals surface area contributed by atoms with E-state index in [4.69, 9.17) is 22.7 Å². The van der Waals surface area contributed by atoms with E-state index in [2.05, 4.69) is 21.3 Å². The second-order valence-corrected chi connectivity index (χ2v) is 10.1. The number of amides is 2. The van der Waals surface area contributed by atoms with Crippen LogP contribution in [0, 0.1) is 5.41 Å². The van der Waals surface area contributed by atoms with Gasteiger partial charge in [-0.1, -0.05) is 31.2 Å². The quantitative estimate of drug-likeness (QED) is 0.179. The van der Waals surface area contributed by atoms with E-state index in [0.717, 1.165) is 12.1 Å². The molecule has 2 aromatic rings. The van der Waals surface area contributed by atoms with Crippen molar-refractivity contribution in [2.75, 3.05) is 24.7 Å². The lowest BCUT2D eigenvalue weighted by Crippen LogP contribution is -2.51. The van der Waals surface area contributed by atoms with Gasteiger partial charge in [-0.15, -0.1) is 0 Å². The second kappa shape index (κ2) is 12.3. The summed E-state index contributed by atoms with van der Waals surface area (Å²) >= 11 is 5.55. The zero-order chi connectivity index (χ0) is 28.7. The van der Waals surface area contributed by atoms with E-state index in [-0.39, 0.29) is 30.2 Å². The summed E-state index contributed by atoms with van der Waals surface area (Å²) in [5.41, 5.74) is 4.82. The number of esters is 1. The van der Waals surface area contributed by atoms with Gasteiger partial charge in [-0.05, 0) is 68.7 Å². The Labute approximate surface area is 225 Å². The number of hydrogen-bond acceptors (Lipinski definition) is 5. The van der Waals surface area contributed by atoms with Crippen LogP contribution >= 0.6 is 12.2 Å². The van der Waals surface area contributed by atoms with Crippen molar-refractivity contribution in [3.63, 3.8) is 0 Å². The van der Waals surface area contributed by atoms with Crippen LogP contribution < -0.4 is 27.0 Å². The summed E-state index contributed by atoms with van der Waals surface area (Å²) < 4.78 is 46.2. The summed E-state index contributed by atoms with van der Waals surface area (Å²) in [6, 6.07) is 9.50. The monoisotopic (exact) mass is 553 g/mol. The number of nitrogens with two attached hydrogens (primary N) is 1. The van der Waals surface area contributed by atoms with Crippen molar-refractivity contribution < 1.29 is 27.5 Å². The third-order valence-corrected chi connectivity index (χ3v) is 6.05. The van der Waals surface area contributed by atoms with E-state index >= 15 is 0 Å². The number of carbonyl (C=O) groups excluding carboxylic acids is 2. The molecule has 2 aromatic carbocycles. The minimum absolute atomic E-state index is 0.0372. The molecule has 1 unspecified atom stereocenters. The van der Waals surface area contributed by atoms with Gasteiger partial charge in [0.05, 0.1) is 27.9 Å². The molecule has 6 N–H and O–H groups in total. The van der Waals surface area contributed by atoms with E-state index in [1.165, 1.54) is 19.2 Å². The topological polar surface area (TPSA) is 118 Å². The van der Waals surface area contributed by atoms with Crippen molar-refractivity contribution in [1.82, 2.24) is 16.0 Å². The van der Waals surface area contributed by atoms with Crippen LogP contribution in [-0.2, 0) is 27.8 Å². The minimum Gasteiger partial charge on any atom is -0.462 e. The molecule has 0 spiro atoms. The molecule has 208 valence electrons. The standard InChI is InChI=1S/C26H34F3N5O3S/c1-6-25(15-37-21(35)24(2,3)4,17-10-8-11-18(13-17)26(27,28)29)34-23(38)33-20-16(9-7-12-19(20)30)14-32-22(36)31-5/h7-13H,6,14-15,30H2,1-5H3,(H2,31,32,36)(H2,33,34,38). The number of rotatable bonds is 8. The molecule has 0 aliphatic rings. The lowest BCUT2D eigenvalue weighted by atomic mass is 9.86. The highest BCUT2D eigenvalue weighted by Crippen LogP contribution is 2.34. The molecule has 0 saturated carbocycles. The zero-order valence-electron chi connectivity index (χ0n) is 22.0. The van der Waals surface area contributed by atoms with Crippen molar-refractivity contribution in [1.29, 1.82) is 0 Å². The third kappa shape index (κ3) is 7.98. The molecule has 0 radical (unpaired) electrons. The number of thiocarbonyl (C=S) groups is 1. The molecule has 0 fully saturated rings. The molecular weight excluding hydrogens is 519 g/mol. The number of hydrogen-bond donors (Lipinski definition) is 5. The van der Waals surface area contributed by atoms with E-state index in [1.807, 2.05) is 0 Å². The number of carbonyl (C=O) groups is 2. The Hall–Kier alpha value is -3.54. The smallest absolute Gasteiger partial charge is 0.416 e. The summed E-state index contributed by atoms with van der Waals surface area (Å²) in [5.74, 6) is -0.516. The first kappa shape index (κ1) is 30.7. The largest absolute Gasteiger partial charge is 0.462 e. The molecule has 0 heterocycles. The maximum atomic E-state index is 13.5. The minimum atomic E-state index is -4.57. The number of alkyl halides is 3. The average molecular weight is 554 g/mol. The molecule has 0 aliphatic heterocycles. The Kier molecular flexibility index (Phi) is 9.96. The van der Waals surface area contributed by atoms with Crippen LogP contribution in [0.25, 0.3) is 0 Å². The predicted octanol–water partition coefficient (Wildman–Crippen LogP) is 4.90. The van der Waals surface area contributed by atoms with Crippen LogP contribution in [0.15, 0.2) is 42.5 Å². The van der Waals surface area contributed by atoms with E-state index in [9.17, 15) is 22.8 Å². The van der Waals surface area contributed by atoms with Crippen LogP contribution in [0.2, 0.25) is 0 Å². The number of urea groups is 1. The van der Waals surface area contributed by atoms with Gasteiger partial charge in [0.2, 0.25) is 0 Å². The third-order valence-electron chi connectivity index (χ3n) is 5.85. The van der Waals surface area contributed by atoms with Crippen LogP contribution in [-0.4, -0.2) is 30.8 Å². The summed E-state index contributed by atoms with van der Waals surface area (Å²) in [7, 11) is 1.48. The van der Waals surface area contributed by atoms with Crippen LogP contribution in [0.1, 0.15) is 50.8 Å². The van der Waals surface area contributed by atoms with Crippen molar-refractivity contribution in [2.24, 2.45) is 5.41 Å². The van der Waals surface area contributed by atoms with Gasteiger partial charge < -0.3 is 31.7 Å². The summed E-state index contributed by atoms with van der Waals surface area (Å²) in [4.78, 5) is 24.2. The molecule has 0 aromatic heterocycles. The molecule has 8 nitrogen and oxygen atoms in total. The molecule has 38 heavy (non-hydrogen) atoms. The molecule has 0 aliphatic carbocycles. The Morgan fingerprint density at radius 2 is 1.68 bits per heavy atom. The molecule has 12 heteroatoms. The molecule has 2 amide bonds. The predicted molar refractivity (Wildman–Crippen MR) is 145 cm³/mol. The molecule has 0 saturated heterocycles. The van der Waals surface area contributed by atoms with Gasteiger partial charge in [0.1, 0.15) is 6.61 Å². The van der Waals surface area contributed by atoms with Crippen LogP contribution in [0.4, 0.5) is 29.3 Å². The lowest BCUT2D eigenvalue weighted by Gasteiger charge is -2.36. The van der Waals surface area contributed by atoms with Crippen molar-refractivity contribution in [2.45, 2.75) is 52.4 Å². The second-order valence-electron chi connectivity index (χ2n) is 9.73. The number of anilines is 2. The SMILES string of the molecule is CCC(COC(=O)C(C)(C)C)(NC(=S)Nc1c(N)cccc1CNC(=O)NC)c1cccc(C(F)(F)F)c1. The van der Waals surface area contributed by atoms with Gasteiger partial charge in [0.15, 0.2) is 5.11 Å². The molecule has 2 rings (SSSR count). The first-order chi connectivity index (χ1) is 17.6.